The third-order valence-electron chi connectivity index (χ3n) is 1.72. The van der Waals surface area contributed by atoms with Gasteiger partial charge < -0.3 is 5.32 Å². The molecule has 0 atom stereocenters. The van der Waals surface area contributed by atoms with Crippen LogP contribution in [0.1, 0.15) is 26.5 Å². The average molecular weight is 200 g/mol. The molecule has 3 nitrogen and oxygen atoms in total. The van der Waals surface area contributed by atoms with Gasteiger partial charge in [-0.3, -0.25) is 0 Å². The van der Waals surface area contributed by atoms with Crippen molar-refractivity contribution in [1.82, 2.24) is 9.97 Å². The first-order chi connectivity index (χ1) is 5.93. The Labute approximate surface area is 83.5 Å². The van der Waals surface area contributed by atoms with Crippen LogP contribution in [0.4, 0.5) is 5.82 Å². The van der Waals surface area contributed by atoms with E-state index in [9.17, 15) is 0 Å². The molecule has 0 spiro atoms. The lowest BCUT2D eigenvalue weighted by atomic mass is 9.92. The molecule has 0 aromatic carbocycles. The fourth-order valence-corrected chi connectivity index (χ4v) is 1.11. The molecule has 0 saturated carbocycles. The van der Waals surface area contributed by atoms with Crippen LogP contribution in [-0.2, 0) is 5.41 Å². The van der Waals surface area contributed by atoms with E-state index in [-0.39, 0.29) is 10.7 Å². The van der Waals surface area contributed by atoms with Gasteiger partial charge in [0, 0.05) is 18.5 Å². The minimum Gasteiger partial charge on any atom is -0.373 e. The Balaban J connectivity index is 3.16. The summed E-state index contributed by atoms with van der Waals surface area (Å²) in [6.45, 7) is 6.27. The molecule has 72 valence electrons. The van der Waals surface area contributed by atoms with E-state index in [2.05, 4.69) is 36.1 Å². The maximum atomic E-state index is 5.77. The van der Waals surface area contributed by atoms with Crippen LogP contribution < -0.4 is 5.32 Å². The summed E-state index contributed by atoms with van der Waals surface area (Å²) in [6, 6.07) is 1.91. The number of hydrogen-bond donors (Lipinski definition) is 1. The topological polar surface area (TPSA) is 37.8 Å². The SMILES string of the molecule is CNc1cc(C(C)(C)C)nc(Cl)n1. The molecule has 0 aliphatic carbocycles. The Morgan fingerprint density at radius 3 is 2.38 bits per heavy atom. The van der Waals surface area contributed by atoms with Crippen molar-refractivity contribution >= 4 is 17.4 Å². The van der Waals surface area contributed by atoms with Crippen molar-refractivity contribution < 1.29 is 0 Å². The van der Waals surface area contributed by atoms with Crippen LogP contribution in [-0.4, -0.2) is 17.0 Å². The molecule has 0 unspecified atom stereocenters. The van der Waals surface area contributed by atoms with Gasteiger partial charge in [-0.15, -0.1) is 0 Å². The maximum Gasteiger partial charge on any atom is 0.224 e. The van der Waals surface area contributed by atoms with Gasteiger partial charge in [-0.25, -0.2) is 9.97 Å². The van der Waals surface area contributed by atoms with Crippen LogP contribution in [0.5, 0.6) is 0 Å². The Bertz CT molecular complexity index is 304. The van der Waals surface area contributed by atoms with E-state index in [0.29, 0.717) is 0 Å². The molecule has 0 bridgehead atoms. The van der Waals surface area contributed by atoms with Gasteiger partial charge in [-0.1, -0.05) is 20.8 Å². The first-order valence-electron chi connectivity index (χ1n) is 4.16. The van der Waals surface area contributed by atoms with Crippen molar-refractivity contribution in [2.45, 2.75) is 26.2 Å². The molecule has 1 aromatic heterocycles. The summed E-state index contributed by atoms with van der Waals surface area (Å²) in [5.41, 5.74) is 0.940. The van der Waals surface area contributed by atoms with Crippen LogP contribution in [0.2, 0.25) is 5.28 Å². The van der Waals surface area contributed by atoms with Crippen molar-refractivity contribution in [1.29, 1.82) is 0 Å². The number of rotatable bonds is 1. The van der Waals surface area contributed by atoms with Crippen LogP contribution in [0.15, 0.2) is 6.07 Å². The smallest absolute Gasteiger partial charge is 0.224 e. The largest absolute Gasteiger partial charge is 0.373 e. The molecule has 0 fully saturated rings. The summed E-state index contributed by atoms with van der Waals surface area (Å²) in [5, 5.41) is 3.23. The van der Waals surface area contributed by atoms with Crippen LogP contribution in [0.3, 0.4) is 0 Å². The number of nitrogens with zero attached hydrogens (tertiary/aromatic N) is 2. The molecule has 1 rings (SSSR count). The van der Waals surface area contributed by atoms with Crippen LogP contribution in [0, 0.1) is 0 Å². The zero-order chi connectivity index (χ0) is 10.1. The minimum atomic E-state index is -0.00181. The second-order valence-corrected chi connectivity index (χ2v) is 4.25. The maximum absolute atomic E-state index is 5.77. The lowest BCUT2D eigenvalue weighted by molar-refractivity contribution is 0.567. The zero-order valence-corrected chi connectivity index (χ0v) is 9.11. The third kappa shape index (κ3) is 2.56. The van der Waals surface area contributed by atoms with Gasteiger partial charge in [0.15, 0.2) is 0 Å². The Morgan fingerprint density at radius 1 is 1.31 bits per heavy atom. The highest BCUT2D eigenvalue weighted by atomic mass is 35.5. The van der Waals surface area contributed by atoms with Gasteiger partial charge in [-0.2, -0.15) is 0 Å². The predicted octanol–water partition coefficient (Wildman–Crippen LogP) is 2.47. The molecule has 13 heavy (non-hydrogen) atoms. The van der Waals surface area contributed by atoms with E-state index in [1.165, 1.54) is 0 Å². The molecule has 1 aromatic rings. The molecule has 0 radical (unpaired) electrons. The monoisotopic (exact) mass is 199 g/mol. The zero-order valence-electron chi connectivity index (χ0n) is 8.35. The van der Waals surface area contributed by atoms with Crippen molar-refractivity contribution in [3.05, 3.63) is 17.0 Å². The fraction of sp³-hybridized carbons (Fsp3) is 0.556. The van der Waals surface area contributed by atoms with E-state index in [1.807, 2.05) is 13.1 Å². The molecule has 1 N–H and O–H groups in total. The van der Waals surface area contributed by atoms with Gasteiger partial charge >= 0.3 is 0 Å². The van der Waals surface area contributed by atoms with E-state index in [0.717, 1.165) is 11.5 Å². The molecule has 0 amide bonds. The van der Waals surface area contributed by atoms with E-state index in [1.54, 1.807) is 0 Å². The van der Waals surface area contributed by atoms with E-state index >= 15 is 0 Å². The molecular formula is C9H14ClN3. The number of nitrogens with one attached hydrogen (secondary N) is 1. The number of anilines is 1. The Kier molecular flexibility index (Phi) is 2.76. The quantitative estimate of drug-likeness (QED) is 0.707. The minimum absolute atomic E-state index is 0.00181. The number of aromatic nitrogens is 2. The van der Waals surface area contributed by atoms with E-state index in [4.69, 9.17) is 11.6 Å². The van der Waals surface area contributed by atoms with Crippen molar-refractivity contribution in [2.75, 3.05) is 12.4 Å². The number of hydrogen-bond acceptors (Lipinski definition) is 3. The summed E-state index contributed by atoms with van der Waals surface area (Å²) in [7, 11) is 1.81. The summed E-state index contributed by atoms with van der Waals surface area (Å²) < 4.78 is 0. The normalized spacial score (nSPS) is 11.5. The van der Waals surface area contributed by atoms with Crippen molar-refractivity contribution in [2.24, 2.45) is 0 Å². The molecule has 0 saturated heterocycles. The van der Waals surface area contributed by atoms with E-state index < -0.39 is 0 Å². The third-order valence-corrected chi connectivity index (χ3v) is 1.89. The molecule has 0 aliphatic rings. The Hall–Kier alpha value is -0.830. The second-order valence-electron chi connectivity index (χ2n) is 3.91. The molecular weight excluding hydrogens is 186 g/mol. The van der Waals surface area contributed by atoms with Gasteiger partial charge in [0.1, 0.15) is 5.82 Å². The first-order valence-corrected chi connectivity index (χ1v) is 4.54. The lowest BCUT2D eigenvalue weighted by Gasteiger charge is -2.18. The van der Waals surface area contributed by atoms with Gasteiger partial charge in [0.05, 0.1) is 5.69 Å². The summed E-state index contributed by atoms with van der Waals surface area (Å²) in [4.78, 5) is 8.18. The number of halogens is 1. The summed E-state index contributed by atoms with van der Waals surface area (Å²) in [5.74, 6) is 0.755. The summed E-state index contributed by atoms with van der Waals surface area (Å²) >= 11 is 5.77. The Morgan fingerprint density at radius 2 is 1.92 bits per heavy atom. The molecule has 4 heteroatoms. The van der Waals surface area contributed by atoms with Gasteiger partial charge in [0.2, 0.25) is 5.28 Å². The molecule has 0 aliphatic heterocycles. The lowest BCUT2D eigenvalue weighted by Crippen LogP contribution is -2.14. The van der Waals surface area contributed by atoms with Crippen molar-refractivity contribution in [3.63, 3.8) is 0 Å². The fourth-order valence-electron chi connectivity index (χ4n) is 0.930. The van der Waals surface area contributed by atoms with Crippen molar-refractivity contribution in [3.8, 4) is 0 Å². The predicted molar refractivity (Wildman–Crippen MR) is 55.3 cm³/mol. The highest BCUT2D eigenvalue weighted by Gasteiger charge is 2.17. The van der Waals surface area contributed by atoms with Crippen LogP contribution >= 0.6 is 11.6 Å². The standard InChI is InChI=1S/C9H14ClN3/c1-9(2,3)6-5-7(11-4)13-8(10)12-6/h5H,1-4H3,(H,11,12,13). The first kappa shape index (κ1) is 10.3. The van der Waals surface area contributed by atoms with Gasteiger partial charge in [0.25, 0.3) is 0 Å². The highest BCUT2D eigenvalue weighted by molar-refractivity contribution is 6.28. The highest BCUT2D eigenvalue weighted by Crippen LogP contribution is 2.23. The molecule has 1 heterocycles. The van der Waals surface area contributed by atoms with Crippen LogP contribution in [0.25, 0.3) is 0 Å². The average Bonchev–Trinajstić information content (AvgIpc) is 2.01. The second kappa shape index (κ2) is 3.50. The van der Waals surface area contributed by atoms with Gasteiger partial charge in [-0.05, 0) is 11.6 Å². The summed E-state index contributed by atoms with van der Waals surface area (Å²) in [6.07, 6.45) is 0.